The summed E-state index contributed by atoms with van der Waals surface area (Å²) in [5, 5.41) is 9.20. The first-order valence-electron chi connectivity index (χ1n) is 7.81. The van der Waals surface area contributed by atoms with Crippen molar-refractivity contribution in [1.29, 1.82) is 0 Å². The summed E-state index contributed by atoms with van der Waals surface area (Å²) < 4.78 is 5.44. The summed E-state index contributed by atoms with van der Waals surface area (Å²) >= 11 is 0. The quantitative estimate of drug-likeness (QED) is 0.919. The Balaban J connectivity index is 1.67. The Hall–Kier alpha value is -2.56. The van der Waals surface area contributed by atoms with Gasteiger partial charge in [-0.1, -0.05) is 18.2 Å². The maximum atomic E-state index is 12.5. The Morgan fingerprint density at radius 1 is 1.22 bits per heavy atom. The number of carboxylic acids is 1. The minimum Gasteiger partial charge on any atom is -0.478 e. The van der Waals surface area contributed by atoms with Crippen LogP contribution in [-0.4, -0.2) is 28.4 Å². The van der Waals surface area contributed by atoms with Crippen LogP contribution in [0.1, 0.15) is 47.0 Å². The molecule has 2 aromatic rings. The molecular formula is C18H19NO4. The second kappa shape index (κ2) is 6.69. The lowest BCUT2D eigenvalue weighted by molar-refractivity contribution is -0.132. The van der Waals surface area contributed by atoms with Crippen LogP contribution in [0.2, 0.25) is 0 Å². The van der Waals surface area contributed by atoms with Crippen LogP contribution >= 0.6 is 0 Å². The number of amides is 1. The maximum absolute atomic E-state index is 12.5. The number of furan rings is 1. The van der Waals surface area contributed by atoms with Crippen LogP contribution in [0.4, 0.5) is 0 Å². The molecule has 1 fully saturated rings. The molecule has 0 radical (unpaired) electrons. The highest BCUT2D eigenvalue weighted by Crippen LogP contribution is 2.32. The Bertz CT molecular complexity index is 693. The van der Waals surface area contributed by atoms with Gasteiger partial charge in [-0.25, -0.2) is 4.79 Å². The summed E-state index contributed by atoms with van der Waals surface area (Å²) in [5.74, 6) is -0.0893. The summed E-state index contributed by atoms with van der Waals surface area (Å²) in [6, 6.07) is 10.6. The predicted molar refractivity (Wildman–Crippen MR) is 84.1 cm³/mol. The van der Waals surface area contributed by atoms with E-state index in [-0.39, 0.29) is 17.5 Å². The summed E-state index contributed by atoms with van der Waals surface area (Å²) in [6.45, 7) is 0.727. The second-order valence-electron chi connectivity index (χ2n) is 5.72. The molecule has 2 heterocycles. The molecule has 0 bridgehead atoms. The molecule has 1 saturated heterocycles. The molecule has 1 aliphatic heterocycles. The zero-order chi connectivity index (χ0) is 16.2. The first kappa shape index (κ1) is 15.3. The molecule has 1 aromatic heterocycles. The molecule has 5 heteroatoms. The first-order chi connectivity index (χ1) is 11.2. The van der Waals surface area contributed by atoms with E-state index in [0.29, 0.717) is 18.4 Å². The normalized spacial score (nSPS) is 17.4. The van der Waals surface area contributed by atoms with Crippen molar-refractivity contribution in [2.45, 2.75) is 31.7 Å². The fourth-order valence-electron chi connectivity index (χ4n) is 3.17. The van der Waals surface area contributed by atoms with Gasteiger partial charge < -0.3 is 14.4 Å². The Labute approximate surface area is 134 Å². The van der Waals surface area contributed by atoms with E-state index in [0.717, 1.165) is 25.1 Å². The smallest absolute Gasteiger partial charge is 0.335 e. The van der Waals surface area contributed by atoms with Crippen molar-refractivity contribution in [1.82, 2.24) is 4.90 Å². The highest BCUT2D eigenvalue weighted by Gasteiger charge is 2.31. The minimum atomic E-state index is -0.956. The van der Waals surface area contributed by atoms with Crippen molar-refractivity contribution in [2.24, 2.45) is 0 Å². The van der Waals surface area contributed by atoms with Gasteiger partial charge in [0, 0.05) is 13.0 Å². The van der Waals surface area contributed by atoms with Crippen molar-refractivity contribution >= 4 is 11.9 Å². The van der Waals surface area contributed by atoms with Crippen LogP contribution in [0.25, 0.3) is 0 Å². The molecule has 1 aliphatic rings. The monoisotopic (exact) mass is 313 g/mol. The van der Waals surface area contributed by atoms with Crippen LogP contribution in [0.3, 0.4) is 0 Å². The number of carbonyl (C=O) groups is 2. The third-order valence-electron chi connectivity index (χ3n) is 4.30. The molecule has 0 saturated carbocycles. The Kier molecular flexibility index (Phi) is 4.46. The van der Waals surface area contributed by atoms with Gasteiger partial charge in [-0.15, -0.1) is 0 Å². The van der Waals surface area contributed by atoms with Gasteiger partial charge in [0.15, 0.2) is 0 Å². The van der Waals surface area contributed by atoms with Gasteiger partial charge in [0.1, 0.15) is 5.76 Å². The number of carboxylic acid groups (broad SMARTS) is 1. The molecule has 5 nitrogen and oxygen atoms in total. The minimum absolute atomic E-state index is 0.00668. The third-order valence-corrected chi connectivity index (χ3v) is 4.30. The average Bonchev–Trinajstić information content (AvgIpc) is 3.23. The van der Waals surface area contributed by atoms with Gasteiger partial charge in [-0.05, 0) is 43.0 Å². The van der Waals surface area contributed by atoms with Crippen molar-refractivity contribution in [3.8, 4) is 0 Å². The van der Waals surface area contributed by atoms with Crippen LogP contribution in [0, 0.1) is 0 Å². The van der Waals surface area contributed by atoms with E-state index in [1.807, 2.05) is 17.0 Å². The topological polar surface area (TPSA) is 70.8 Å². The number of hydrogen-bond acceptors (Lipinski definition) is 3. The average molecular weight is 313 g/mol. The zero-order valence-electron chi connectivity index (χ0n) is 12.8. The van der Waals surface area contributed by atoms with Gasteiger partial charge in [0.05, 0.1) is 17.9 Å². The van der Waals surface area contributed by atoms with Crippen molar-refractivity contribution in [3.05, 3.63) is 59.5 Å². The van der Waals surface area contributed by atoms with E-state index >= 15 is 0 Å². The maximum Gasteiger partial charge on any atom is 0.335 e. The van der Waals surface area contributed by atoms with Gasteiger partial charge in [-0.2, -0.15) is 0 Å². The summed E-state index contributed by atoms with van der Waals surface area (Å²) in [7, 11) is 0. The fourth-order valence-corrected chi connectivity index (χ4v) is 3.17. The van der Waals surface area contributed by atoms with E-state index in [1.165, 1.54) is 0 Å². The molecule has 3 rings (SSSR count). The molecule has 0 aliphatic carbocycles. The zero-order valence-corrected chi connectivity index (χ0v) is 12.8. The number of nitrogens with zero attached hydrogens (tertiary/aromatic N) is 1. The van der Waals surface area contributed by atoms with Crippen LogP contribution in [0.5, 0.6) is 0 Å². The van der Waals surface area contributed by atoms with Crippen LogP contribution in [-0.2, 0) is 11.2 Å². The standard InChI is InChI=1S/C18H19NO4/c20-17(10-9-13-5-1-2-6-14(13)18(21)22)19-11-3-7-15(19)16-8-4-12-23-16/h1-2,4-6,8,12,15H,3,7,9-11H2,(H,21,22). The van der Waals surface area contributed by atoms with Gasteiger partial charge >= 0.3 is 5.97 Å². The van der Waals surface area contributed by atoms with Gasteiger partial charge in [-0.3, -0.25) is 4.79 Å². The van der Waals surface area contributed by atoms with Crippen molar-refractivity contribution in [3.63, 3.8) is 0 Å². The second-order valence-corrected chi connectivity index (χ2v) is 5.72. The SMILES string of the molecule is O=C(O)c1ccccc1CCC(=O)N1CCCC1c1ccco1. The highest BCUT2D eigenvalue weighted by atomic mass is 16.4. The summed E-state index contributed by atoms with van der Waals surface area (Å²) in [4.78, 5) is 25.6. The van der Waals surface area contributed by atoms with Crippen LogP contribution in [0.15, 0.2) is 47.1 Å². The third kappa shape index (κ3) is 3.28. The van der Waals surface area contributed by atoms with Crippen molar-refractivity contribution < 1.29 is 19.1 Å². The lowest BCUT2D eigenvalue weighted by atomic mass is 10.0. The van der Waals surface area contributed by atoms with Crippen molar-refractivity contribution in [2.75, 3.05) is 6.54 Å². The number of hydrogen-bond donors (Lipinski definition) is 1. The van der Waals surface area contributed by atoms with Crippen LogP contribution < -0.4 is 0 Å². The summed E-state index contributed by atoms with van der Waals surface area (Å²) in [5.41, 5.74) is 0.964. The highest BCUT2D eigenvalue weighted by molar-refractivity contribution is 5.89. The molecule has 23 heavy (non-hydrogen) atoms. The van der Waals surface area contributed by atoms with E-state index < -0.39 is 5.97 Å². The molecule has 120 valence electrons. The van der Waals surface area contributed by atoms with E-state index in [4.69, 9.17) is 4.42 Å². The van der Waals surface area contributed by atoms with Gasteiger partial charge in [0.25, 0.3) is 0 Å². The molecular weight excluding hydrogens is 294 g/mol. The van der Waals surface area contributed by atoms with E-state index in [9.17, 15) is 14.7 Å². The number of benzene rings is 1. The predicted octanol–water partition coefficient (Wildman–Crippen LogP) is 3.27. The number of carbonyl (C=O) groups excluding carboxylic acids is 1. The lowest BCUT2D eigenvalue weighted by Gasteiger charge is -2.23. The largest absolute Gasteiger partial charge is 0.478 e. The number of likely N-dealkylation sites (tertiary alicyclic amines) is 1. The Morgan fingerprint density at radius 2 is 2.04 bits per heavy atom. The molecule has 0 spiro atoms. The molecule has 1 amide bonds. The molecule has 1 N–H and O–H groups in total. The lowest BCUT2D eigenvalue weighted by Crippen LogP contribution is -2.30. The molecule has 1 atom stereocenters. The fraction of sp³-hybridized carbons (Fsp3) is 0.333. The number of aromatic carboxylic acids is 1. The Morgan fingerprint density at radius 3 is 2.78 bits per heavy atom. The van der Waals surface area contributed by atoms with E-state index in [1.54, 1.807) is 30.5 Å². The van der Waals surface area contributed by atoms with Gasteiger partial charge in [0.2, 0.25) is 5.91 Å². The molecule has 1 unspecified atom stereocenters. The molecule has 1 aromatic carbocycles. The van der Waals surface area contributed by atoms with E-state index in [2.05, 4.69) is 0 Å². The number of aryl methyl sites for hydroxylation is 1. The first-order valence-corrected chi connectivity index (χ1v) is 7.81. The summed E-state index contributed by atoms with van der Waals surface area (Å²) in [6.07, 6.45) is 4.23. The number of rotatable bonds is 5.